The van der Waals surface area contributed by atoms with Crippen molar-refractivity contribution >= 4 is 5.91 Å². The topological polar surface area (TPSA) is 228 Å². The van der Waals surface area contributed by atoms with E-state index in [4.69, 9.17) is 18.9 Å². The Kier molecular flexibility index (Phi) is 34.1. The van der Waals surface area contributed by atoms with Gasteiger partial charge in [0, 0.05) is 6.42 Å². The smallest absolute Gasteiger partial charge is 0.220 e. The SMILES string of the molecule is CCCCC/C=C\C/C=C\C/C=C\CCCCCCCCC(=O)NC(COC1OC(CO)C(OC2OC(CO)C(O)C(O)C2O)C(O)C1O)C(O)/C=C/CC/C=C/CCCCCCCC. The van der Waals surface area contributed by atoms with E-state index in [1.54, 1.807) is 6.08 Å². The highest BCUT2D eigenvalue weighted by Gasteiger charge is 2.51. The summed E-state index contributed by atoms with van der Waals surface area (Å²) in [7, 11) is 0. The molecule has 0 aromatic heterocycles. The number of hydrogen-bond donors (Lipinski definition) is 9. The van der Waals surface area contributed by atoms with E-state index in [9.17, 15) is 45.6 Å². The number of rotatable bonds is 37. The Labute approximate surface area is 390 Å². The molecule has 0 saturated carbocycles. The van der Waals surface area contributed by atoms with Crippen LogP contribution in [0.25, 0.3) is 0 Å². The third-order valence-electron chi connectivity index (χ3n) is 11.9. The van der Waals surface area contributed by atoms with Gasteiger partial charge in [-0.1, -0.05) is 145 Å². The molecule has 65 heavy (non-hydrogen) atoms. The standard InChI is InChI=1S/C51H89NO13/c1-3-5-7-9-11-13-15-17-18-19-20-21-22-23-25-27-29-31-33-35-43(56)52-39(40(55)34-32-30-28-26-24-16-14-12-10-8-6-4-2)38-62-50-48(61)46(59)49(42(37-54)64-50)65-51-47(60)45(58)44(57)41(36-53)63-51/h11,13,17-18,20-21,24,26,32,34,39-42,44-51,53-55,57-61H,3-10,12,14-16,19,22-23,25,27-31,33,35-38H2,1-2H3,(H,52,56)/b13-11-,18-17-,21-20-,26-24+,34-32+. The molecule has 2 fully saturated rings. The maximum atomic E-state index is 13.1. The van der Waals surface area contributed by atoms with Crippen LogP contribution in [0.3, 0.4) is 0 Å². The predicted molar refractivity (Wildman–Crippen MR) is 254 cm³/mol. The van der Waals surface area contributed by atoms with Crippen LogP contribution in [0.5, 0.6) is 0 Å². The molecule has 0 aromatic rings. The van der Waals surface area contributed by atoms with Crippen molar-refractivity contribution in [3.05, 3.63) is 60.8 Å². The van der Waals surface area contributed by atoms with Crippen molar-refractivity contribution in [2.45, 2.75) is 235 Å². The van der Waals surface area contributed by atoms with Gasteiger partial charge < -0.3 is 65.1 Å². The van der Waals surface area contributed by atoms with Gasteiger partial charge in [-0.25, -0.2) is 0 Å². The maximum Gasteiger partial charge on any atom is 0.220 e. The van der Waals surface area contributed by atoms with Crippen molar-refractivity contribution in [1.29, 1.82) is 0 Å². The largest absolute Gasteiger partial charge is 0.394 e. The van der Waals surface area contributed by atoms with Crippen LogP contribution in [0.15, 0.2) is 60.8 Å². The summed E-state index contributed by atoms with van der Waals surface area (Å²) in [5.74, 6) is -0.266. The molecule has 0 aliphatic carbocycles. The molecule has 2 saturated heterocycles. The van der Waals surface area contributed by atoms with Crippen LogP contribution in [0.1, 0.15) is 162 Å². The Morgan fingerprint density at radius 3 is 1.65 bits per heavy atom. The first-order valence-corrected chi connectivity index (χ1v) is 25.0. The van der Waals surface area contributed by atoms with Crippen LogP contribution >= 0.6 is 0 Å². The summed E-state index contributed by atoms with van der Waals surface area (Å²) in [6.45, 7) is 2.69. The van der Waals surface area contributed by atoms with Gasteiger partial charge in [0.25, 0.3) is 0 Å². The summed E-state index contributed by atoms with van der Waals surface area (Å²) >= 11 is 0. The second-order valence-electron chi connectivity index (χ2n) is 17.6. The first kappa shape index (κ1) is 58.8. The van der Waals surface area contributed by atoms with Crippen molar-refractivity contribution in [1.82, 2.24) is 5.32 Å². The van der Waals surface area contributed by atoms with Crippen molar-refractivity contribution in [2.75, 3.05) is 19.8 Å². The molecular formula is C51H89NO13. The highest BCUT2D eigenvalue weighted by molar-refractivity contribution is 5.76. The average Bonchev–Trinajstić information content (AvgIpc) is 3.30. The van der Waals surface area contributed by atoms with E-state index in [1.807, 2.05) is 6.08 Å². The number of carbonyl (C=O) groups is 1. The van der Waals surface area contributed by atoms with Crippen molar-refractivity contribution in [3.8, 4) is 0 Å². The van der Waals surface area contributed by atoms with Gasteiger partial charge in [0.2, 0.25) is 5.91 Å². The van der Waals surface area contributed by atoms with Gasteiger partial charge in [-0.05, 0) is 70.6 Å². The number of ether oxygens (including phenoxy) is 4. The highest BCUT2D eigenvalue weighted by atomic mass is 16.7. The molecule has 0 radical (unpaired) electrons. The number of amides is 1. The van der Waals surface area contributed by atoms with Gasteiger partial charge >= 0.3 is 0 Å². The molecule has 14 heteroatoms. The zero-order valence-corrected chi connectivity index (χ0v) is 39.7. The minimum atomic E-state index is -1.79. The number of carbonyl (C=O) groups excluding carboxylic acids is 1. The molecular weight excluding hydrogens is 835 g/mol. The third-order valence-corrected chi connectivity index (χ3v) is 11.9. The molecule has 2 rings (SSSR count). The Morgan fingerprint density at radius 2 is 1.03 bits per heavy atom. The van der Waals surface area contributed by atoms with E-state index >= 15 is 0 Å². The fourth-order valence-corrected chi connectivity index (χ4v) is 7.78. The van der Waals surface area contributed by atoms with E-state index in [2.05, 4.69) is 67.8 Å². The van der Waals surface area contributed by atoms with E-state index in [0.29, 0.717) is 12.8 Å². The van der Waals surface area contributed by atoms with Crippen LogP contribution in [-0.2, 0) is 23.7 Å². The summed E-state index contributed by atoms with van der Waals surface area (Å²) in [6.07, 6.45) is 28.3. The van der Waals surface area contributed by atoms with Gasteiger partial charge in [0.15, 0.2) is 12.6 Å². The lowest BCUT2D eigenvalue weighted by Gasteiger charge is -2.46. The number of aliphatic hydroxyl groups is 8. The van der Waals surface area contributed by atoms with Crippen LogP contribution in [0.2, 0.25) is 0 Å². The fraction of sp³-hybridized carbons (Fsp3) is 0.784. The molecule has 2 heterocycles. The third kappa shape index (κ3) is 25.0. The van der Waals surface area contributed by atoms with Crippen molar-refractivity contribution in [2.24, 2.45) is 0 Å². The Hall–Kier alpha value is -2.31. The lowest BCUT2D eigenvalue weighted by Crippen LogP contribution is -2.65. The molecule has 12 unspecified atom stereocenters. The van der Waals surface area contributed by atoms with Crippen molar-refractivity contribution < 1.29 is 64.6 Å². The van der Waals surface area contributed by atoms with E-state index in [0.717, 1.165) is 64.2 Å². The normalized spacial score (nSPS) is 27.5. The Bertz CT molecular complexity index is 1320. The summed E-state index contributed by atoms with van der Waals surface area (Å²) in [5, 5.41) is 86.6. The molecule has 0 bridgehead atoms. The van der Waals surface area contributed by atoms with Gasteiger partial charge in [0.05, 0.1) is 32.0 Å². The Balaban J connectivity index is 1.86. The van der Waals surface area contributed by atoms with Crippen LogP contribution < -0.4 is 5.32 Å². The first-order chi connectivity index (χ1) is 31.6. The highest BCUT2D eigenvalue weighted by Crippen LogP contribution is 2.30. The van der Waals surface area contributed by atoms with E-state index < -0.39 is 86.8 Å². The molecule has 2 aliphatic rings. The number of nitrogens with one attached hydrogen (secondary N) is 1. The quantitative estimate of drug-likeness (QED) is 0.0248. The van der Waals surface area contributed by atoms with Gasteiger partial charge in [-0.15, -0.1) is 0 Å². The molecule has 0 spiro atoms. The van der Waals surface area contributed by atoms with E-state index in [-0.39, 0.29) is 18.9 Å². The van der Waals surface area contributed by atoms with Gasteiger partial charge in [-0.3, -0.25) is 4.79 Å². The number of allylic oxidation sites excluding steroid dienone is 9. The minimum Gasteiger partial charge on any atom is -0.394 e. The van der Waals surface area contributed by atoms with Crippen LogP contribution in [-0.4, -0.2) is 140 Å². The molecule has 12 atom stereocenters. The molecule has 0 aromatic carbocycles. The van der Waals surface area contributed by atoms with Crippen LogP contribution in [0, 0.1) is 0 Å². The van der Waals surface area contributed by atoms with Crippen LogP contribution in [0.4, 0.5) is 0 Å². The van der Waals surface area contributed by atoms with E-state index in [1.165, 1.54) is 64.2 Å². The second-order valence-corrected chi connectivity index (χ2v) is 17.6. The summed E-state index contributed by atoms with van der Waals surface area (Å²) in [6, 6.07) is -0.939. The average molecular weight is 924 g/mol. The molecule has 14 nitrogen and oxygen atoms in total. The van der Waals surface area contributed by atoms with Gasteiger partial charge in [0.1, 0.15) is 48.8 Å². The first-order valence-electron chi connectivity index (χ1n) is 25.0. The molecule has 2 aliphatic heterocycles. The lowest BCUT2D eigenvalue weighted by molar-refractivity contribution is -0.359. The Morgan fingerprint density at radius 1 is 0.554 bits per heavy atom. The maximum absolute atomic E-state index is 13.1. The summed E-state index contributed by atoms with van der Waals surface area (Å²) < 4.78 is 22.6. The summed E-state index contributed by atoms with van der Waals surface area (Å²) in [5.41, 5.74) is 0. The zero-order valence-electron chi connectivity index (χ0n) is 39.7. The number of aliphatic hydroxyl groups excluding tert-OH is 8. The van der Waals surface area contributed by atoms with Crippen molar-refractivity contribution in [3.63, 3.8) is 0 Å². The molecule has 9 N–H and O–H groups in total. The predicted octanol–water partition coefficient (Wildman–Crippen LogP) is 6.27. The monoisotopic (exact) mass is 924 g/mol. The minimum absolute atomic E-state index is 0.256. The summed E-state index contributed by atoms with van der Waals surface area (Å²) in [4.78, 5) is 13.1. The van der Waals surface area contributed by atoms with Gasteiger partial charge in [-0.2, -0.15) is 0 Å². The fourth-order valence-electron chi connectivity index (χ4n) is 7.78. The molecule has 376 valence electrons. The lowest BCUT2D eigenvalue weighted by atomic mass is 9.97. The second kappa shape index (κ2) is 37.6. The number of unbranched alkanes of at least 4 members (excludes halogenated alkanes) is 16. The molecule has 1 amide bonds. The zero-order chi connectivity index (χ0) is 47.5. The number of hydrogen-bond acceptors (Lipinski definition) is 13.